The maximum Gasteiger partial charge on any atom is 0.416 e. The summed E-state index contributed by atoms with van der Waals surface area (Å²) in [5, 5.41) is 0. The molecule has 2 heterocycles. The Balaban J connectivity index is 1.23. The van der Waals surface area contributed by atoms with Crippen LogP contribution in [-0.4, -0.2) is 49.0 Å². The lowest BCUT2D eigenvalue weighted by Crippen LogP contribution is -2.72. The Bertz CT molecular complexity index is 882. The fourth-order valence-corrected chi connectivity index (χ4v) is 4.28. The molecule has 29 heavy (non-hydrogen) atoms. The van der Waals surface area contributed by atoms with E-state index in [1.165, 1.54) is 17.7 Å². The Morgan fingerprint density at radius 3 is 2.34 bits per heavy atom. The van der Waals surface area contributed by atoms with Crippen molar-refractivity contribution in [2.75, 3.05) is 33.3 Å². The number of carbonyl (C=O) groups is 1. The molecule has 1 amide bonds. The number of carbonyl (C=O) groups excluding carboxylic acids is 1. The summed E-state index contributed by atoms with van der Waals surface area (Å²) in [7, 11) is 1.66. The molecule has 0 aromatic heterocycles. The second-order valence-corrected chi connectivity index (χ2v) is 8.12. The standard InChI is InChI=1S/C22H23F3N2O2/c1-29-19-4-2-3-17(9-19)11-26-12-21(13-26)14-27(15-21)20(28)10-16-5-7-18(8-6-16)22(23,24)25/h2-9H,10-15H2,1H3. The first kappa shape index (κ1) is 19.8. The molecule has 154 valence electrons. The monoisotopic (exact) mass is 404 g/mol. The summed E-state index contributed by atoms with van der Waals surface area (Å²) in [6.45, 7) is 4.21. The predicted molar refractivity (Wildman–Crippen MR) is 102 cm³/mol. The van der Waals surface area contributed by atoms with Crippen molar-refractivity contribution in [2.45, 2.75) is 19.1 Å². The fourth-order valence-electron chi connectivity index (χ4n) is 4.28. The highest BCUT2D eigenvalue weighted by Gasteiger charge is 2.52. The minimum atomic E-state index is -4.35. The number of nitrogens with zero attached hydrogens (tertiary/aromatic N) is 2. The molecule has 2 aliphatic rings. The summed E-state index contributed by atoms with van der Waals surface area (Å²) in [4.78, 5) is 16.6. The van der Waals surface area contributed by atoms with Crippen molar-refractivity contribution < 1.29 is 22.7 Å². The van der Waals surface area contributed by atoms with Crippen LogP contribution in [-0.2, 0) is 23.9 Å². The first-order valence-electron chi connectivity index (χ1n) is 9.56. The number of ether oxygens (including phenoxy) is 1. The number of rotatable bonds is 5. The second-order valence-electron chi connectivity index (χ2n) is 8.12. The van der Waals surface area contributed by atoms with E-state index in [0.29, 0.717) is 5.56 Å². The second kappa shape index (κ2) is 7.37. The summed E-state index contributed by atoms with van der Waals surface area (Å²) in [6, 6.07) is 12.8. The van der Waals surface area contributed by atoms with Crippen molar-refractivity contribution in [1.29, 1.82) is 0 Å². The van der Waals surface area contributed by atoms with E-state index in [1.807, 2.05) is 18.2 Å². The van der Waals surface area contributed by atoms with Crippen LogP contribution in [0.1, 0.15) is 16.7 Å². The van der Waals surface area contributed by atoms with Gasteiger partial charge in [0, 0.05) is 38.1 Å². The largest absolute Gasteiger partial charge is 0.497 e. The van der Waals surface area contributed by atoms with E-state index in [2.05, 4.69) is 11.0 Å². The van der Waals surface area contributed by atoms with Gasteiger partial charge >= 0.3 is 6.18 Å². The molecule has 0 aliphatic carbocycles. The molecule has 7 heteroatoms. The van der Waals surface area contributed by atoms with Crippen LogP contribution >= 0.6 is 0 Å². The highest BCUT2D eigenvalue weighted by Crippen LogP contribution is 2.40. The Labute approximate surface area is 167 Å². The van der Waals surface area contributed by atoms with Crippen LogP contribution in [0.25, 0.3) is 0 Å². The Hall–Kier alpha value is -2.54. The van der Waals surface area contributed by atoms with Crippen molar-refractivity contribution in [3.8, 4) is 5.75 Å². The van der Waals surface area contributed by atoms with Crippen molar-refractivity contribution >= 4 is 5.91 Å². The quantitative estimate of drug-likeness (QED) is 0.764. The van der Waals surface area contributed by atoms with Crippen LogP contribution < -0.4 is 4.74 Å². The normalized spacial score (nSPS) is 18.3. The molecular formula is C22H23F3N2O2. The van der Waals surface area contributed by atoms with Crippen LogP contribution in [0, 0.1) is 5.41 Å². The minimum absolute atomic E-state index is 0.0263. The topological polar surface area (TPSA) is 32.8 Å². The van der Waals surface area contributed by atoms with Gasteiger partial charge in [-0.25, -0.2) is 0 Å². The van der Waals surface area contributed by atoms with Gasteiger partial charge in [0.15, 0.2) is 0 Å². The third-order valence-electron chi connectivity index (χ3n) is 5.70. The molecule has 4 rings (SSSR count). The van der Waals surface area contributed by atoms with Gasteiger partial charge in [0.1, 0.15) is 5.75 Å². The molecule has 2 saturated heterocycles. The fraction of sp³-hybridized carbons (Fsp3) is 0.409. The average Bonchev–Trinajstić information content (AvgIpc) is 2.62. The lowest BCUT2D eigenvalue weighted by atomic mass is 9.72. The van der Waals surface area contributed by atoms with Crippen molar-refractivity contribution in [1.82, 2.24) is 9.80 Å². The molecule has 0 unspecified atom stereocenters. The molecule has 0 atom stereocenters. The SMILES string of the molecule is COc1cccc(CN2CC3(C2)CN(C(=O)Cc2ccc(C(F)(F)F)cc2)C3)c1. The van der Waals surface area contributed by atoms with E-state index in [-0.39, 0.29) is 17.7 Å². The number of alkyl halides is 3. The number of methoxy groups -OCH3 is 1. The first-order chi connectivity index (χ1) is 13.8. The highest BCUT2D eigenvalue weighted by atomic mass is 19.4. The Morgan fingerprint density at radius 1 is 1.03 bits per heavy atom. The molecule has 0 radical (unpaired) electrons. The summed E-state index contributed by atoms with van der Waals surface area (Å²) in [6.07, 6.45) is -4.21. The third kappa shape index (κ3) is 4.24. The van der Waals surface area contributed by atoms with Crippen LogP contribution in [0.5, 0.6) is 5.75 Å². The minimum Gasteiger partial charge on any atom is -0.497 e. The van der Waals surface area contributed by atoms with Crippen LogP contribution in [0.3, 0.4) is 0 Å². The molecule has 2 aromatic rings. The summed E-state index contributed by atoms with van der Waals surface area (Å²) in [5.74, 6) is 0.822. The number of amides is 1. The number of likely N-dealkylation sites (tertiary alicyclic amines) is 2. The molecule has 2 aromatic carbocycles. The van der Waals surface area contributed by atoms with Crippen LogP contribution in [0.2, 0.25) is 0 Å². The summed E-state index contributed by atoms with van der Waals surface area (Å²) in [5.41, 5.74) is 1.29. The lowest BCUT2D eigenvalue weighted by molar-refractivity contribution is -0.159. The Kier molecular flexibility index (Phi) is 5.02. The molecule has 0 bridgehead atoms. The van der Waals surface area contributed by atoms with Gasteiger partial charge < -0.3 is 9.64 Å². The maximum absolute atomic E-state index is 12.6. The van der Waals surface area contributed by atoms with Crippen molar-refractivity contribution in [3.63, 3.8) is 0 Å². The van der Waals surface area contributed by atoms with Crippen LogP contribution in [0.15, 0.2) is 48.5 Å². The number of benzene rings is 2. The first-order valence-corrected chi connectivity index (χ1v) is 9.56. The van der Waals surface area contributed by atoms with E-state index in [4.69, 9.17) is 4.74 Å². The van der Waals surface area contributed by atoms with E-state index in [0.717, 1.165) is 50.6 Å². The summed E-state index contributed by atoms with van der Waals surface area (Å²) < 4.78 is 43.1. The zero-order chi connectivity index (χ0) is 20.6. The molecule has 4 nitrogen and oxygen atoms in total. The lowest BCUT2D eigenvalue weighted by Gasteiger charge is -2.60. The van der Waals surface area contributed by atoms with Crippen LogP contribution in [0.4, 0.5) is 13.2 Å². The van der Waals surface area contributed by atoms with E-state index >= 15 is 0 Å². The molecule has 1 spiro atoms. The third-order valence-corrected chi connectivity index (χ3v) is 5.70. The van der Waals surface area contributed by atoms with Gasteiger partial charge in [-0.3, -0.25) is 9.69 Å². The number of halogens is 3. The van der Waals surface area contributed by atoms with Gasteiger partial charge in [0.05, 0.1) is 19.1 Å². The number of hydrogen-bond acceptors (Lipinski definition) is 3. The summed E-state index contributed by atoms with van der Waals surface area (Å²) >= 11 is 0. The van der Waals surface area contributed by atoms with Crippen molar-refractivity contribution in [2.24, 2.45) is 5.41 Å². The molecular weight excluding hydrogens is 381 g/mol. The zero-order valence-corrected chi connectivity index (χ0v) is 16.2. The van der Waals surface area contributed by atoms with Crippen molar-refractivity contribution in [3.05, 3.63) is 65.2 Å². The maximum atomic E-state index is 12.6. The van der Waals surface area contributed by atoms with Gasteiger partial charge in [-0.15, -0.1) is 0 Å². The molecule has 2 aliphatic heterocycles. The molecule has 0 saturated carbocycles. The van der Waals surface area contributed by atoms with Gasteiger partial charge in [0.2, 0.25) is 5.91 Å². The van der Waals surface area contributed by atoms with E-state index in [9.17, 15) is 18.0 Å². The van der Waals surface area contributed by atoms with Gasteiger partial charge in [0.25, 0.3) is 0 Å². The van der Waals surface area contributed by atoms with E-state index < -0.39 is 11.7 Å². The zero-order valence-electron chi connectivity index (χ0n) is 16.2. The number of hydrogen-bond donors (Lipinski definition) is 0. The molecule has 2 fully saturated rings. The average molecular weight is 404 g/mol. The predicted octanol–water partition coefficient (Wildman–Crippen LogP) is 3.60. The van der Waals surface area contributed by atoms with Gasteiger partial charge in [-0.05, 0) is 35.4 Å². The Morgan fingerprint density at radius 2 is 1.72 bits per heavy atom. The highest BCUT2D eigenvalue weighted by molar-refractivity contribution is 5.79. The molecule has 0 N–H and O–H groups in total. The van der Waals surface area contributed by atoms with Gasteiger partial charge in [-0.1, -0.05) is 24.3 Å². The smallest absolute Gasteiger partial charge is 0.416 e. The van der Waals surface area contributed by atoms with Gasteiger partial charge in [-0.2, -0.15) is 13.2 Å². The van der Waals surface area contributed by atoms with E-state index in [1.54, 1.807) is 12.0 Å².